The van der Waals surface area contributed by atoms with Crippen molar-refractivity contribution in [3.8, 4) is 0 Å². The smallest absolute Gasteiger partial charge is 0.277 e. The average Bonchev–Trinajstić information content (AvgIpc) is 2.30. The van der Waals surface area contributed by atoms with Crippen molar-refractivity contribution in [1.29, 1.82) is 0 Å². The highest BCUT2D eigenvalue weighted by molar-refractivity contribution is 6.28. The van der Waals surface area contributed by atoms with E-state index < -0.39 is 0 Å². The predicted octanol–water partition coefficient (Wildman–Crippen LogP) is 3.34. The molecule has 0 amide bonds. The van der Waals surface area contributed by atoms with Crippen LogP contribution >= 0.6 is 11.6 Å². The molecule has 1 aromatic heterocycles. The summed E-state index contributed by atoms with van der Waals surface area (Å²) in [5, 5.41) is 3.86. The van der Waals surface area contributed by atoms with Crippen LogP contribution in [-0.4, -0.2) is 12.0 Å². The number of rotatable bonds is 7. The van der Waals surface area contributed by atoms with Crippen molar-refractivity contribution in [3.05, 3.63) is 16.9 Å². The van der Waals surface area contributed by atoms with E-state index in [1.165, 1.54) is 25.7 Å². The standard InChI is InChI=1S/C13H22ClN3/c1-4-5-6-7-8-9-17-12(14)10-11(2)16-13(17)15-3/h10H,4-9H2,1-3H3/p+1. The number of aryl methyl sites for hydroxylation is 1. The van der Waals surface area contributed by atoms with E-state index >= 15 is 0 Å². The second kappa shape index (κ2) is 7.49. The Bertz CT molecular complexity index is 353. The largest absolute Gasteiger partial charge is 0.392 e. The molecular weight excluding hydrogens is 234 g/mol. The maximum atomic E-state index is 6.24. The van der Waals surface area contributed by atoms with Gasteiger partial charge in [0.25, 0.3) is 0 Å². The Morgan fingerprint density at radius 1 is 1.29 bits per heavy atom. The highest BCUT2D eigenvalue weighted by Crippen LogP contribution is 2.09. The van der Waals surface area contributed by atoms with Gasteiger partial charge in [0.1, 0.15) is 5.69 Å². The molecule has 0 saturated heterocycles. The lowest BCUT2D eigenvalue weighted by atomic mass is 10.1. The third kappa shape index (κ3) is 4.50. The van der Waals surface area contributed by atoms with Crippen molar-refractivity contribution >= 4 is 17.5 Å². The Morgan fingerprint density at radius 2 is 2.00 bits per heavy atom. The maximum absolute atomic E-state index is 6.24. The van der Waals surface area contributed by atoms with Gasteiger partial charge >= 0.3 is 5.95 Å². The molecule has 0 spiro atoms. The van der Waals surface area contributed by atoms with E-state index in [1.54, 1.807) is 0 Å². The maximum Gasteiger partial charge on any atom is 0.392 e. The number of hydrogen-bond donors (Lipinski definition) is 1. The van der Waals surface area contributed by atoms with Gasteiger partial charge in [0, 0.05) is 6.07 Å². The molecule has 0 radical (unpaired) electrons. The molecule has 0 unspecified atom stereocenters. The van der Waals surface area contributed by atoms with Gasteiger partial charge in [0.15, 0.2) is 5.15 Å². The van der Waals surface area contributed by atoms with Gasteiger partial charge in [-0.15, -0.1) is 0 Å². The fraction of sp³-hybridized carbons (Fsp3) is 0.692. The summed E-state index contributed by atoms with van der Waals surface area (Å²) in [7, 11) is 1.88. The molecule has 17 heavy (non-hydrogen) atoms. The lowest BCUT2D eigenvalue weighted by Gasteiger charge is -2.07. The molecule has 0 aliphatic carbocycles. The van der Waals surface area contributed by atoms with Crippen LogP contribution in [-0.2, 0) is 6.54 Å². The second-order valence-corrected chi connectivity index (χ2v) is 4.75. The highest BCUT2D eigenvalue weighted by atomic mass is 35.5. The number of hydrogen-bond acceptors (Lipinski definition) is 2. The fourth-order valence-corrected chi connectivity index (χ4v) is 2.21. The van der Waals surface area contributed by atoms with E-state index in [2.05, 4.69) is 17.2 Å². The van der Waals surface area contributed by atoms with Crippen molar-refractivity contribution in [2.24, 2.45) is 0 Å². The van der Waals surface area contributed by atoms with E-state index in [9.17, 15) is 0 Å². The zero-order chi connectivity index (χ0) is 12.7. The van der Waals surface area contributed by atoms with Gasteiger partial charge in [0.05, 0.1) is 13.6 Å². The summed E-state index contributed by atoms with van der Waals surface area (Å²) in [4.78, 5) is 4.43. The zero-order valence-corrected chi connectivity index (χ0v) is 11.8. The van der Waals surface area contributed by atoms with E-state index in [1.807, 2.05) is 24.6 Å². The Kier molecular flexibility index (Phi) is 6.27. The number of aromatic nitrogens is 2. The molecule has 0 aliphatic rings. The number of halogens is 1. The van der Waals surface area contributed by atoms with Gasteiger partial charge in [-0.05, 0) is 24.9 Å². The molecule has 4 heteroatoms. The molecule has 0 saturated carbocycles. The van der Waals surface area contributed by atoms with Gasteiger partial charge in [-0.2, -0.15) is 0 Å². The van der Waals surface area contributed by atoms with Crippen molar-refractivity contribution in [1.82, 2.24) is 4.98 Å². The first-order valence-corrected chi connectivity index (χ1v) is 6.81. The van der Waals surface area contributed by atoms with Crippen molar-refractivity contribution < 1.29 is 4.57 Å². The molecule has 0 aliphatic heterocycles. The van der Waals surface area contributed by atoms with Crippen LogP contribution in [0.4, 0.5) is 5.95 Å². The summed E-state index contributed by atoms with van der Waals surface area (Å²) in [5.74, 6) is 0.852. The van der Waals surface area contributed by atoms with Crippen LogP contribution in [0.3, 0.4) is 0 Å². The van der Waals surface area contributed by atoms with Crippen LogP contribution in [0.5, 0.6) is 0 Å². The van der Waals surface area contributed by atoms with Gasteiger partial charge in [-0.1, -0.05) is 37.6 Å². The van der Waals surface area contributed by atoms with Crippen LogP contribution < -0.4 is 9.88 Å². The Hall–Kier alpha value is -0.830. The van der Waals surface area contributed by atoms with Crippen molar-refractivity contribution in [2.75, 3.05) is 12.4 Å². The van der Waals surface area contributed by atoms with Crippen LogP contribution in [0.2, 0.25) is 5.15 Å². The van der Waals surface area contributed by atoms with Gasteiger partial charge in [0.2, 0.25) is 0 Å². The third-order valence-corrected chi connectivity index (χ3v) is 3.15. The number of anilines is 1. The molecule has 0 bridgehead atoms. The van der Waals surface area contributed by atoms with E-state index in [4.69, 9.17) is 11.6 Å². The summed E-state index contributed by atoms with van der Waals surface area (Å²) >= 11 is 6.24. The first kappa shape index (κ1) is 14.2. The third-order valence-electron chi connectivity index (χ3n) is 2.83. The molecule has 96 valence electrons. The predicted molar refractivity (Wildman–Crippen MR) is 72.5 cm³/mol. The van der Waals surface area contributed by atoms with Crippen molar-refractivity contribution in [3.63, 3.8) is 0 Å². The topological polar surface area (TPSA) is 28.8 Å². The van der Waals surface area contributed by atoms with E-state index in [0.717, 1.165) is 29.8 Å². The van der Waals surface area contributed by atoms with Gasteiger partial charge in [-0.25, -0.2) is 4.57 Å². The lowest BCUT2D eigenvalue weighted by molar-refractivity contribution is -0.683. The average molecular weight is 257 g/mol. The monoisotopic (exact) mass is 256 g/mol. The normalized spacial score (nSPS) is 10.6. The number of nitrogens with one attached hydrogen (secondary N) is 1. The van der Waals surface area contributed by atoms with Crippen LogP contribution in [0.25, 0.3) is 0 Å². The molecule has 3 nitrogen and oxygen atoms in total. The Morgan fingerprint density at radius 3 is 2.65 bits per heavy atom. The number of nitrogens with zero attached hydrogens (tertiary/aromatic N) is 2. The first-order valence-electron chi connectivity index (χ1n) is 6.43. The molecule has 0 fully saturated rings. The first-order chi connectivity index (χ1) is 8.19. The molecule has 1 aromatic rings. The SMILES string of the molecule is CCCCCCC[n+]1c(Cl)cc(C)nc1NC. The summed E-state index contributed by atoms with van der Waals surface area (Å²) in [6.45, 7) is 5.12. The fourth-order valence-electron chi connectivity index (χ4n) is 1.89. The minimum Gasteiger partial charge on any atom is -0.277 e. The number of unbranched alkanes of at least 4 members (excludes halogenated alkanes) is 4. The molecule has 1 rings (SSSR count). The molecule has 1 heterocycles. The minimum atomic E-state index is 0.761. The second-order valence-electron chi connectivity index (χ2n) is 4.36. The molecule has 0 atom stereocenters. The summed E-state index contributed by atoms with van der Waals surface area (Å²) in [5.41, 5.74) is 0.946. The minimum absolute atomic E-state index is 0.761. The van der Waals surface area contributed by atoms with Crippen LogP contribution in [0.1, 0.15) is 44.7 Å². The van der Waals surface area contributed by atoms with E-state index in [-0.39, 0.29) is 0 Å². The van der Waals surface area contributed by atoms with Crippen LogP contribution in [0, 0.1) is 6.92 Å². The summed E-state index contributed by atoms with van der Waals surface area (Å²) in [6.07, 6.45) is 6.33. The lowest BCUT2D eigenvalue weighted by Crippen LogP contribution is -2.39. The Balaban J connectivity index is 2.57. The summed E-state index contributed by atoms with van der Waals surface area (Å²) < 4.78 is 2.04. The van der Waals surface area contributed by atoms with Crippen LogP contribution in [0.15, 0.2) is 6.07 Å². The molecule has 1 N–H and O–H groups in total. The van der Waals surface area contributed by atoms with E-state index in [0.29, 0.717) is 0 Å². The van der Waals surface area contributed by atoms with Gasteiger partial charge < -0.3 is 0 Å². The summed E-state index contributed by atoms with van der Waals surface area (Å²) in [6, 6.07) is 1.91. The molecule has 0 aromatic carbocycles. The Labute approximate surface area is 109 Å². The van der Waals surface area contributed by atoms with Crippen molar-refractivity contribution in [2.45, 2.75) is 52.5 Å². The van der Waals surface area contributed by atoms with Gasteiger partial charge in [-0.3, -0.25) is 5.32 Å². The zero-order valence-electron chi connectivity index (χ0n) is 11.1. The quantitative estimate of drug-likeness (QED) is 0.461. The highest BCUT2D eigenvalue weighted by Gasteiger charge is 2.14. The molecular formula is C13H23ClN3+.